The number of aromatic nitrogens is 2. The van der Waals surface area contributed by atoms with Crippen molar-refractivity contribution in [1.29, 1.82) is 0 Å². The Labute approximate surface area is 113 Å². The molecule has 1 aromatic carbocycles. The van der Waals surface area contributed by atoms with E-state index in [2.05, 4.69) is 41.3 Å². The van der Waals surface area contributed by atoms with E-state index in [1.807, 2.05) is 17.9 Å². The van der Waals surface area contributed by atoms with E-state index in [4.69, 9.17) is 0 Å². The molecule has 0 saturated carbocycles. The van der Waals surface area contributed by atoms with Gasteiger partial charge >= 0.3 is 0 Å². The number of rotatable bonds is 1. The van der Waals surface area contributed by atoms with E-state index in [0.717, 1.165) is 6.04 Å². The van der Waals surface area contributed by atoms with Crippen LogP contribution in [0.15, 0.2) is 30.5 Å². The van der Waals surface area contributed by atoms with Gasteiger partial charge < -0.3 is 0 Å². The van der Waals surface area contributed by atoms with Crippen LogP contribution in [0.2, 0.25) is 0 Å². The summed E-state index contributed by atoms with van der Waals surface area (Å²) in [4.78, 5) is 2.53. The Morgan fingerprint density at radius 1 is 1.21 bits per heavy atom. The van der Waals surface area contributed by atoms with Gasteiger partial charge in [0.25, 0.3) is 0 Å². The molecule has 19 heavy (non-hydrogen) atoms. The van der Waals surface area contributed by atoms with Crippen molar-refractivity contribution in [2.24, 2.45) is 7.05 Å². The molecular weight excluding hydrogens is 234 g/mol. The van der Waals surface area contributed by atoms with Crippen molar-refractivity contribution in [3.63, 3.8) is 0 Å². The van der Waals surface area contributed by atoms with Crippen molar-refractivity contribution < 1.29 is 0 Å². The number of hydrogen-bond donors (Lipinski definition) is 0. The second kappa shape index (κ2) is 3.94. The minimum Gasteiger partial charge on any atom is -0.297 e. The zero-order valence-corrected chi connectivity index (χ0v) is 11.5. The molecule has 0 aliphatic carbocycles. The van der Waals surface area contributed by atoms with Gasteiger partial charge in [0.2, 0.25) is 0 Å². The third kappa shape index (κ3) is 1.65. The summed E-state index contributed by atoms with van der Waals surface area (Å²) in [6, 6.07) is 8.13. The SMILES string of the molecule is CN1C2C=C(c3ccc4cnn(C)c4c3)CC1CC2. The maximum absolute atomic E-state index is 4.33. The van der Waals surface area contributed by atoms with E-state index >= 15 is 0 Å². The zero-order valence-electron chi connectivity index (χ0n) is 11.5. The van der Waals surface area contributed by atoms with E-state index in [1.54, 1.807) is 0 Å². The predicted molar refractivity (Wildman–Crippen MR) is 77.9 cm³/mol. The topological polar surface area (TPSA) is 21.1 Å². The summed E-state index contributed by atoms with van der Waals surface area (Å²) in [5, 5.41) is 5.55. The van der Waals surface area contributed by atoms with Crippen molar-refractivity contribution in [2.45, 2.75) is 31.3 Å². The molecule has 4 rings (SSSR count). The lowest BCUT2D eigenvalue weighted by Crippen LogP contribution is -2.34. The molecule has 98 valence electrons. The standard InChI is InChI=1S/C16H19N3/c1-18-14-5-6-15(18)8-13(7-14)11-3-4-12-10-17-19(2)16(12)9-11/h3-4,7,9-10,14-15H,5-6,8H2,1-2H3. The summed E-state index contributed by atoms with van der Waals surface area (Å²) in [6.07, 6.45) is 8.26. The second-order valence-electron chi connectivity index (χ2n) is 5.90. The number of fused-ring (bicyclic) bond motifs is 3. The van der Waals surface area contributed by atoms with E-state index in [0.29, 0.717) is 6.04 Å². The first-order chi connectivity index (χ1) is 9.22. The third-order valence-electron chi connectivity index (χ3n) is 4.86. The van der Waals surface area contributed by atoms with Crippen LogP contribution in [-0.4, -0.2) is 33.8 Å². The van der Waals surface area contributed by atoms with Crippen molar-refractivity contribution in [2.75, 3.05) is 7.05 Å². The molecule has 2 aliphatic heterocycles. The predicted octanol–water partition coefficient (Wildman–Crippen LogP) is 2.82. The average Bonchev–Trinajstić information content (AvgIpc) is 2.86. The van der Waals surface area contributed by atoms with Crippen LogP contribution in [0.4, 0.5) is 0 Å². The molecule has 2 bridgehead atoms. The fraction of sp³-hybridized carbons (Fsp3) is 0.438. The summed E-state index contributed by atoms with van der Waals surface area (Å²) in [7, 11) is 4.28. The Morgan fingerprint density at radius 2 is 2.11 bits per heavy atom. The first-order valence-electron chi connectivity index (χ1n) is 7.07. The van der Waals surface area contributed by atoms with Gasteiger partial charge in [0.1, 0.15) is 0 Å². The Hall–Kier alpha value is -1.61. The van der Waals surface area contributed by atoms with E-state index in [-0.39, 0.29) is 0 Å². The van der Waals surface area contributed by atoms with Crippen LogP contribution in [0.3, 0.4) is 0 Å². The summed E-state index contributed by atoms with van der Waals surface area (Å²) in [6.45, 7) is 0. The van der Waals surface area contributed by atoms with Gasteiger partial charge in [-0.3, -0.25) is 9.58 Å². The van der Waals surface area contributed by atoms with Gasteiger partial charge in [0, 0.05) is 24.5 Å². The molecule has 3 nitrogen and oxygen atoms in total. The van der Waals surface area contributed by atoms with Crippen LogP contribution in [0, 0.1) is 0 Å². The molecule has 2 atom stereocenters. The highest BCUT2D eigenvalue weighted by molar-refractivity contribution is 5.83. The van der Waals surface area contributed by atoms with Crippen LogP contribution in [0.25, 0.3) is 16.5 Å². The first kappa shape index (κ1) is 11.2. The molecule has 1 saturated heterocycles. The highest BCUT2D eigenvalue weighted by Crippen LogP contribution is 2.37. The highest BCUT2D eigenvalue weighted by atomic mass is 15.2. The summed E-state index contributed by atoms with van der Waals surface area (Å²) in [5.41, 5.74) is 4.12. The Morgan fingerprint density at radius 3 is 2.95 bits per heavy atom. The van der Waals surface area contributed by atoms with E-state index in [9.17, 15) is 0 Å². The van der Waals surface area contributed by atoms with Gasteiger partial charge in [-0.25, -0.2) is 0 Å². The van der Waals surface area contributed by atoms with E-state index in [1.165, 1.54) is 41.3 Å². The van der Waals surface area contributed by atoms with Gasteiger partial charge in [0.15, 0.2) is 0 Å². The minimum absolute atomic E-state index is 0.649. The van der Waals surface area contributed by atoms with Crippen molar-refractivity contribution in [3.05, 3.63) is 36.0 Å². The largest absolute Gasteiger partial charge is 0.297 e. The molecule has 0 N–H and O–H groups in total. The summed E-state index contributed by atoms with van der Waals surface area (Å²) < 4.78 is 1.96. The van der Waals surface area contributed by atoms with Crippen LogP contribution in [0.1, 0.15) is 24.8 Å². The van der Waals surface area contributed by atoms with Gasteiger partial charge in [-0.15, -0.1) is 0 Å². The van der Waals surface area contributed by atoms with Crippen molar-refractivity contribution >= 4 is 16.5 Å². The molecule has 3 heteroatoms. The van der Waals surface area contributed by atoms with Gasteiger partial charge in [-0.05, 0) is 43.5 Å². The number of benzene rings is 1. The van der Waals surface area contributed by atoms with Crippen molar-refractivity contribution in [1.82, 2.24) is 14.7 Å². The monoisotopic (exact) mass is 253 g/mol. The number of aryl methyl sites for hydroxylation is 1. The maximum atomic E-state index is 4.33. The van der Waals surface area contributed by atoms with Gasteiger partial charge in [-0.2, -0.15) is 5.10 Å². The molecule has 2 unspecified atom stereocenters. The third-order valence-corrected chi connectivity index (χ3v) is 4.86. The summed E-state index contributed by atoms with van der Waals surface area (Å²) in [5.74, 6) is 0. The lowest BCUT2D eigenvalue weighted by atomic mass is 9.94. The van der Waals surface area contributed by atoms with E-state index < -0.39 is 0 Å². The normalized spacial score (nSPS) is 26.9. The van der Waals surface area contributed by atoms with Gasteiger partial charge in [0.05, 0.1) is 11.7 Å². The molecular formula is C16H19N3. The number of hydrogen-bond acceptors (Lipinski definition) is 2. The molecule has 1 fully saturated rings. The molecule has 0 spiro atoms. The van der Waals surface area contributed by atoms with Crippen LogP contribution < -0.4 is 0 Å². The summed E-state index contributed by atoms with van der Waals surface area (Å²) >= 11 is 0. The van der Waals surface area contributed by atoms with Crippen molar-refractivity contribution in [3.8, 4) is 0 Å². The average molecular weight is 253 g/mol. The molecule has 2 aliphatic rings. The fourth-order valence-electron chi connectivity index (χ4n) is 3.60. The number of nitrogens with zero attached hydrogens (tertiary/aromatic N) is 3. The quantitative estimate of drug-likeness (QED) is 0.779. The lowest BCUT2D eigenvalue weighted by Gasteiger charge is -2.30. The molecule has 2 aromatic rings. The maximum Gasteiger partial charge on any atom is 0.0685 e. The van der Waals surface area contributed by atoms with Crippen LogP contribution in [-0.2, 0) is 7.05 Å². The second-order valence-corrected chi connectivity index (χ2v) is 5.90. The van der Waals surface area contributed by atoms with Crippen LogP contribution >= 0.6 is 0 Å². The smallest absolute Gasteiger partial charge is 0.0685 e. The lowest BCUT2D eigenvalue weighted by molar-refractivity contribution is 0.264. The van der Waals surface area contributed by atoms with Gasteiger partial charge in [-0.1, -0.05) is 18.2 Å². The molecule has 0 radical (unpaired) electrons. The highest BCUT2D eigenvalue weighted by Gasteiger charge is 2.33. The molecule has 3 heterocycles. The number of likely N-dealkylation sites (N-methyl/N-ethyl adjacent to an activating group) is 1. The molecule has 1 aromatic heterocycles. The Balaban J connectivity index is 1.78. The fourth-order valence-corrected chi connectivity index (χ4v) is 3.60. The van der Waals surface area contributed by atoms with Crippen LogP contribution in [0.5, 0.6) is 0 Å². The Kier molecular flexibility index (Phi) is 2.33. The first-order valence-corrected chi connectivity index (χ1v) is 7.07. The Bertz CT molecular complexity index is 668. The minimum atomic E-state index is 0.649. The zero-order chi connectivity index (χ0) is 13.0. The molecule has 0 amide bonds.